The van der Waals surface area contributed by atoms with Crippen molar-refractivity contribution >= 4 is 157 Å². The Morgan fingerprint density at radius 1 is 0.528 bits per heavy atom. The van der Waals surface area contributed by atoms with Crippen LogP contribution in [0.15, 0.2) is 0 Å². The normalized spacial score (nSPS) is 32.2. The van der Waals surface area contributed by atoms with E-state index in [1.807, 2.05) is 0 Å². The zero-order chi connectivity index (χ0) is 24.4. The third kappa shape index (κ3) is 15.7. The van der Waals surface area contributed by atoms with Crippen LogP contribution in [0.5, 0.6) is 0 Å². The van der Waals surface area contributed by atoms with Crippen LogP contribution in [0.4, 0.5) is 0 Å². The summed E-state index contributed by atoms with van der Waals surface area (Å²) in [7, 11) is 0. The first-order valence-electron chi connectivity index (χ1n) is 13.1. The fraction of sp³-hybridized carbons (Fsp3) is 1.00. The molecule has 0 aromatic carbocycles. The summed E-state index contributed by atoms with van der Waals surface area (Å²) in [5.74, 6) is 8.87. The molecule has 7 unspecified atom stereocenters. The van der Waals surface area contributed by atoms with Crippen LogP contribution in [0, 0.1) is 0 Å². The molecule has 36 heavy (non-hydrogen) atoms. The van der Waals surface area contributed by atoms with Crippen LogP contribution < -0.4 is 0 Å². The van der Waals surface area contributed by atoms with Gasteiger partial charge in [-0.05, 0) is 0 Å². The van der Waals surface area contributed by atoms with Gasteiger partial charge < -0.3 is 0 Å². The number of thioether (sulfide) groups is 7. The van der Waals surface area contributed by atoms with Crippen molar-refractivity contribution in [3.63, 3.8) is 0 Å². The van der Waals surface area contributed by atoms with Crippen LogP contribution in [0.3, 0.4) is 0 Å². The van der Waals surface area contributed by atoms with E-state index in [0.717, 1.165) is 117 Å². The Labute approximate surface area is 282 Å². The number of hydrogen-bond acceptors (Lipinski definition) is 7. The van der Waals surface area contributed by atoms with Crippen molar-refractivity contribution in [3.05, 3.63) is 0 Å². The molecule has 0 N–H and O–H groups in total. The van der Waals surface area contributed by atoms with E-state index in [2.05, 4.69) is 82.3 Å². The summed E-state index contributed by atoms with van der Waals surface area (Å²) in [6.45, 7) is 0. The van der Waals surface area contributed by atoms with Gasteiger partial charge in [-0.15, -0.1) is 0 Å². The van der Waals surface area contributed by atoms with Crippen LogP contribution in [-0.4, -0.2) is 151 Å². The summed E-state index contributed by atoms with van der Waals surface area (Å²) in [5, 5.41) is 24.1. The number of rotatable bonds is 25. The van der Waals surface area contributed by atoms with Crippen molar-refractivity contribution in [2.75, 3.05) is 34.5 Å². The Kier molecular flexibility index (Phi) is 16.9. The molecule has 0 spiro atoms. The van der Waals surface area contributed by atoms with Gasteiger partial charge in [-0.1, -0.05) is 0 Å². The Bertz CT molecular complexity index is 600. The second-order valence-corrected chi connectivity index (χ2v) is 30.7. The minimum absolute atomic E-state index is 0.896. The molecule has 5 aliphatic rings. The first kappa shape index (κ1) is 32.4. The molecule has 12 heteroatoms. The SMILES string of the molecule is C(C[Se]CC1CS1)SC(C[Se]CC1CS1)C(C[Se]CC1CS1)SC(C[Se]CC1CS1)C[Se]CC1CS1. The number of hydrogen-bond donors (Lipinski definition) is 0. The van der Waals surface area contributed by atoms with Crippen LogP contribution >= 0.6 is 82.3 Å². The molecular weight excluding hydrogens is 908 g/mol. The summed E-state index contributed by atoms with van der Waals surface area (Å²) in [6.07, 6.45) is 0. The standard InChI is InChI=1S/C24H40S7Se5/c1(2-32-8-17-3-26-17)25-23(15-35-11-20-6-29-20)24(16-36-12-21-7-30-21)31-22(13-33-9-18-4-27-18)14-34-10-19-5-28-19/h17-24H,1-16H2. The molecule has 0 aromatic rings. The van der Waals surface area contributed by atoms with Crippen molar-refractivity contribution in [2.45, 2.75) is 95.2 Å². The van der Waals surface area contributed by atoms with Gasteiger partial charge in [-0.25, -0.2) is 0 Å². The minimum atomic E-state index is 0.896. The fourth-order valence-electron chi connectivity index (χ4n) is 3.46. The van der Waals surface area contributed by atoms with E-state index >= 15 is 0 Å². The van der Waals surface area contributed by atoms with Gasteiger partial charge in [0.2, 0.25) is 0 Å². The van der Waals surface area contributed by atoms with Gasteiger partial charge in [0.05, 0.1) is 0 Å². The molecule has 5 rings (SSSR count). The second kappa shape index (κ2) is 18.8. The first-order valence-corrected chi connectivity index (χ1v) is 32.4. The maximum atomic E-state index is 2.58. The Morgan fingerprint density at radius 3 is 1.36 bits per heavy atom. The van der Waals surface area contributed by atoms with Gasteiger partial charge in [0, 0.05) is 0 Å². The Balaban J connectivity index is 1.13. The van der Waals surface area contributed by atoms with Crippen LogP contribution in [0.2, 0.25) is 53.2 Å². The van der Waals surface area contributed by atoms with Crippen molar-refractivity contribution in [3.8, 4) is 0 Å². The topological polar surface area (TPSA) is 0 Å². The zero-order valence-corrected chi connectivity index (χ0v) is 35.1. The Hall–Kier alpha value is 5.05. The molecule has 0 bridgehead atoms. The van der Waals surface area contributed by atoms with Gasteiger partial charge in [0.15, 0.2) is 0 Å². The molecule has 0 radical (unpaired) electrons. The zero-order valence-electron chi connectivity index (χ0n) is 20.8. The average Bonchev–Trinajstić information content (AvgIpc) is 3.69. The monoisotopic (exact) mass is 952 g/mol. The summed E-state index contributed by atoms with van der Waals surface area (Å²) >= 11 is 20.7. The van der Waals surface area contributed by atoms with Gasteiger partial charge >= 0.3 is 287 Å². The van der Waals surface area contributed by atoms with Gasteiger partial charge in [0.25, 0.3) is 0 Å². The predicted molar refractivity (Wildman–Crippen MR) is 189 cm³/mol. The summed E-state index contributed by atoms with van der Waals surface area (Å²) in [6, 6.07) is 0. The molecule has 0 saturated carbocycles. The first-order chi connectivity index (χ1) is 17.8. The van der Waals surface area contributed by atoms with E-state index in [1.54, 1.807) is 53.2 Å². The molecule has 0 aromatic heterocycles. The third-order valence-electron chi connectivity index (χ3n) is 6.04. The molecule has 0 aliphatic carbocycles. The van der Waals surface area contributed by atoms with E-state index in [9.17, 15) is 0 Å². The third-order valence-corrected chi connectivity index (χ3v) is 31.8. The van der Waals surface area contributed by atoms with Gasteiger partial charge in [0.1, 0.15) is 0 Å². The molecular formula is C24H40S7Se5. The summed E-state index contributed by atoms with van der Waals surface area (Å²) < 4.78 is 0. The molecule has 0 nitrogen and oxygen atoms in total. The van der Waals surface area contributed by atoms with Crippen molar-refractivity contribution in [2.24, 2.45) is 0 Å². The van der Waals surface area contributed by atoms with E-state index in [4.69, 9.17) is 0 Å². The van der Waals surface area contributed by atoms with E-state index < -0.39 is 0 Å². The van der Waals surface area contributed by atoms with Gasteiger partial charge in [-0.3, -0.25) is 0 Å². The van der Waals surface area contributed by atoms with E-state index in [-0.39, 0.29) is 0 Å². The average molecular weight is 948 g/mol. The molecule has 5 saturated heterocycles. The van der Waals surface area contributed by atoms with Crippen LogP contribution in [-0.2, 0) is 0 Å². The fourth-order valence-corrected chi connectivity index (χ4v) is 30.6. The van der Waals surface area contributed by atoms with Crippen LogP contribution in [0.25, 0.3) is 0 Å². The summed E-state index contributed by atoms with van der Waals surface area (Å²) in [5.41, 5.74) is 0. The molecule has 7 atom stereocenters. The van der Waals surface area contributed by atoms with Crippen LogP contribution in [0.1, 0.15) is 0 Å². The molecule has 208 valence electrons. The molecule has 5 aliphatic heterocycles. The van der Waals surface area contributed by atoms with Crippen molar-refractivity contribution in [1.29, 1.82) is 0 Å². The van der Waals surface area contributed by atoms with E-state index in [1.165, 1.54) is 34.5 Å². The predicted octanol–water partition coefficient (Wildman–Crippen LogP) is 6.84. The molecule has 5 fully saturated rings. The summed E-state index contributed by atoms with van der Waals surface area (Å²) in [4.78, 5) is 0. The quantitative estimate of drug-likeness (QED) is 0.0552. The second-order valence-electron chi connectivity index (χ2n) is 9.71. The van der Waals surface area contributed by atoms with Gasteiger partial charge in [-0.2, -0.15) is 0 Å². The Morgan fingerprint density at radius 2 is 0.917 bits per heavy atom. The van der Waals surface area contributed by atoms with Crippen molar-refractivity contribution in [1.82, 2.24) is 0 Å². The maximum absolute atomic E-state index is 2.58. The molecule has 5 heterocycles. The van der Waals surface area contributed by atoms with Crippen molar-refractivity contribution < 1.29 is 0 Å². The van der Waals surface area contributed by atoms with E-state index in [0.29, 0.717) is 0 Å². The molecule has 0 amide bonds.